The lowest BCUT2D eigenvalue weighted by molar-refractivity contribution is 0.769. The van der Waals surface area contributed by atoms with E-state index in [1.165, 1.54) is 154 Å². The molecule has 1 aliphatic rings. The maximum absolute atomic E-state index is 2.42. The molecule has 1 aliphatic carbocycles. The average Bonchev–Trinajstić information content (AvgIpc) is 1.60. The van der Waals surface area contributed by atoms with Gasteiger partial charge in [-0.25, -0.2) is 0 Å². The van der Waals surface area contributed by atoms with Crippen molar-refractivity contribution in [2.45, 2.75) is 5.41 Å². The molecule has 0 fully saturated rings. The van der Waals surface area contributed by atoms with Gasteiger partial charge in [-0.05, 0) is 178 Å². The highest BCUT2D eigenvalue weighted by atomic mass is 14.5. The van der Waals surface area contributed by atoms with E-state index < -0.39 is 5.41 Å². The van der Waals surface area contributed by atoms with Crippen molar-refractivity contribution in [3.8, 4) is 55.6 Å². The van der Waals surface area contributed by atoms with Crippen LogP contribution in [0.1, 0.15) is 55.6 Å². The van der Waals surface area contributed by atoms with Crippen LogP contribution >= 0.6 is 0 Å². The Kier molecular flexibility index (Phi) is 13.9. The fraction of sp³-hybridized carbons (Fsp3) is 0.0108. The Bertz CT molecular complexity index is 4980. The second-order valence-electron chi connectivity index (χ2n) is 24.5. The number of benzene rings is 16. The third-order valence-electron chi connectivity index (χ3n) is 19.4. The van der Waals surface area contributed by atoms with E-state index in [4.69, 9.17) is 0 Å². The Morgan fingerprint density at radius 2 is 0.409 bits per heavy atom. The van der Waals surface area contributed by atoms with Gasteiger partial charge in [-0.3, -0.25) is 0 Å². The summed E-state index contributed by atoms with van der Waals surface area (Å²) in [7, 11) is 0. The van der Waals surface area contributed by atoms with E-state index in [0.29, 0.717) is 0 Å². The standard InChI is InChI=1S/C93H62/c1-5-25-65(26-6-1)85(66-27-7-2-8-28-66)61-63-45-49-69(50-46-63)89-77-35-13-17-39-81(77)91(82-40-18-14-36-78(82)89)71-53-57-73(58-54-71)93(87-43-23-21-33-75(87)76-34-22-24-44-88(76)93)74-59-55-72(56-60-74)92-83-41-19-15-37-79(83)90(80-38-16-20-42-84(80)92)70-51-47-64(48-52-70)62-86(67-29-9-3-10-30-67)68-31-11-4-12-32-68/h1-62H. The van der Waals surface area contributed by atoms with E-state index in [0.717, 1.165) is 11.1 Å². The fourth-order valence-electron chi connectivity index (χ4n) is 15.3. The zero-order chi connectivity index (χ0) is 61.7. The second kappa shape index (κ2) is 23.4. The van der Waals surface area contributed by atoms with Crippen LogP contribution in [-0.2, 0) is 5.41 Å². The SMILES string of the molecule is C(=C(c1ccccc1)c1ccccc1)c1ccc(-c2c3ccccc3c(-c3ccc(C4(c5ccc(-c6c7ccccc7c(-c7ccc(C=C(c8ccccc8)c8ccccc8)cc7)c7ccccc67)cc5)c5ccccc5-c5ccccc54)cc3)c3ccccc23)cc1. The van der Waals surface area contributed by atoms with E-state index in [9.17, 15) is 0 Å². The molecular formula is C93H62. The number of hydrogen-bond acceptors (Lipinski definition) is 0. The van der Waals surface area contributed by atoms with Crippen LogP contribution in [0, 0.1) is 0 Å². The first kappa shape index (κ1) is 55.1. The Balaban J connectivity index is 0.763. The predicted octanol–water partition coefficient (Wildman–Crippen LogP) is 24.5. The highest BCUT2D eigenvalue weighted by molar-refractivity contribution is 6.23. The van der Waals surface area contributed by atoms with Gasteiger partial charge in [-0.1, -0.05) is 364 Å². The molecule has 0 saturated heterocycles. The molecule has 93 heavy (non-hydrogen) atoms. The zero-order valence-electron chi connectivity index (χ0n) is 51.3. The number of fused-ring (bicyclic) bond motifs is 7. The van der Waals surface area contributed by atoms with Crippen LogP contribution in [0.4, 0.5) is 0 Å². The molecule has 434 valence electrons. The molecule has 0 atom stereocenters. The maximum atomic E-state index is 2.42. The molecule has 0 nitrogen and oxygen atoms in total. The van der Waals surface area contributed by atoms with Crippen LogP contribution in [0.3, 0.4) is 0 Å². The fourth-order valence-corrected chi connectivity index (χ4v) is 15.3. The molecule has 16 aromatic carbocycles. The van der Waals surface area contributed by atoms with Gasteiger partial charge in [0.15, 0.2) is 0 Å². The first-order valence-corrected chi connectivity index (χ1v) is 32.3. The van der Waals surface area contributed by atoms with Crippen LogP contribution in [0.5, 0.6) is 0 Å². The summed E-state index contributed by atoms with van der Waals surface area (Å²) in [5, 5.41) is 9.86. The summed E-state index contributed by atoms with van der Waals surface area (Å²) in [4.78, 5) is 0. The van der Waals surface area contributed by atoms with Crippen LogP contribution in [-0.4, -0.2) is 0 Å². The highest BCUT2D eigenvalue weighted by Crippen LogP contribution is 2.57. The first-order valence-electron chi connectivity index (χ1n) is 32.3. The zero-order valence-corrected chi connectivity index (χ0v) is 51.3. The molecule has 0 saturated carbocycles. The van der Waals surface area contributed by atoms with Gasteiger partial charge >= 0.3 is 0 Å². The normalized spacial score (nSPS) is 12.2. The van der Waals surface area contributed by atoms with Gasteiger partial charge in [0.2, 0.25) is 0 Å². The van der Waals surface area contributed by atoms with Crippen molar-refractivity contribution < 1.29 is 0 Å². The van der Waals surface area contributed by atoms with Gasteiger partial charge in [0.25, 0.3) is 0 Å². The minimum absolute atomic E-state index is 0.596. The van der Waals surface area contributed by atoms with Gasteiger partial charge < -0.3 is 0 Å². The Morgan fingerprint density at radius 1 is 0.194 bits per heavy atom. The molecule has 0 spiro atoms. The van der Waals surface area contributed by atoms with Crippen molar-refractivity contribution in [1.29, 1.82) is 0 Å². The Morgan fingerprint density at radius 3 is 0.667 bits per heavy atom. The highest BCUT2D eigenvalue weighted by Gasteiger charge is 2.46. The van der Waals surface area contributed by atoms with E-state index in [1.54, 1.807) is 0 Å². The van der Waals surface area contributed by atoms with Crippen molar-refractivity contribution >= 4 is 66.4 Å². The molecule has 16 aromatic rings. The smallest absolute Gasteiger partial charge is 0.0622 e. The van der Waals surface area contributed by atoms with E-state index >= 15 is 0 Å². The lowest BCUT2D eigenvalue weighted by Crippen LogP contribution is -2.28. The summed E-state index contributed by atoms with van der Waals surface area (Å²) in [5.41, 5.74) is 26.2. The second-order valence-corrected chi connectivity index (χ2v) is 24.5. The summed E-state index contributed by atoms with van der Waals surface area (Å²) in [6.45, 7) is 0. The van der Waals surface area contributed by atoms with Crippen molar-refractivity contribution in [2.75, 3.05) is 0 Å². The first-order chi connectivity index (χ1) is 46.2. The summed E-state index contributed by atoms with van der Waals surface area (Å²) in [6.07, 6.45) is 4.63. The molecule has 0 N–H and O–H groups in total. The van der Waals surface area contributed by atoms with Crippen molar-refractivity contribution in [3.05, 3.63) is 420 Å². The van der Waals surface area contributed by atoms with Crippen molar-refractivity contribution in [3.63, 3.8) is 0 Å². The third kappa shape index (κ3) is 9.54. The molecule has 0 aromatic heterocycles. The minimum atomic E-state index is -0.596. The lowest BCUT2D eigenvalue weighted by atomic mass is 9.67. The van der Waals surface area contributed by atoms with Crippen LogP contribution in [0.2, 0.25) is 0 Å². The van der Waals surface area contributed by atoms with E-state index in [-0.39, 0.29) is 0 Å². The van der Waals surface area contributed by atoms with Crippen molar-refractivity contribution in [2.24, 2.45) is 0 Å². The Hall–Kier alpha value is -12.0. The predicted molar refractivity (Wildman–Crippen MR) is 395 cm³/mol. The number of rotatable bonds is 12. The summed E-state index contributed by atoms with van der Waals surface area (Å²) in [6, 6.07) is 135. The molecule has 0 amide bonds. The summed E-state index contributed by atoms with van der Waals surface area (Å²) >= 11 is 0. The molecule has 0 bridgehead atoms. The molecule has 0 heteroatoms. The van der Waals surface area contributed by atoms with Gasteiger partial charge in [0.1, 0.15) is 0 Å². The largest absolute Gasteiger partial charge is 0.0713 e. The average molecular weight is 1180 g/mol. The molecule has 0 unspecified atom stereocenters. The Labute approximate surface area is 543 Å². The maximum Gasteiger partial charge on any atom is 0.0713 e. The summed E-state index contributed by atoms with van der Waals surface area (Å²) in [5.74, 6) is 0. The molecule has 17 rings (SSSR count). The van der Waals surface area contributed by atoms with E-state index in [2.05, 4.69) is 376 Å². The third-order valence-corrected chi connectivity index (χ3v) is 19.4. The van der Waals surface area contributed by atoms with Gasteiger partial charge in [0, 0.05) is 0 Å². The van der Waals surface area contributed by atoms with Gasteiger partial charge in [0.05, 0.1) is 5.41 Å². The lowest BCUT2D eigenvalue weighted by Gasteiger charge is -2.34. The number of hydrogen-bond donors (Lipinski definition) is 0. The minimum Gasteiger partial charge on any atom is -0.0622 e. The molecular weight excluding hydrogens is 1120 g/mol. The quantitative estimate of drug-likeness (QED) is 0.0845. The van der Waals surface area contributed by atoms with Crippen LogP contribution < -0.4 is 0 Å². The summed E-state index contributed by atoms with van der Waals surface area (Å²) < 4.78 is 0. The monoisotopic (exact) mass is 1180 g/mol. The van der Waals surface area contributed by atoms with Crippen LogP contribution in [0.15, 0.2) is 364 Å². The molecule has 0 radical (unpaired) electrons. The molecule has 0 heterocycles. The molecule has 0 aliphatic heterocycles. The van der Waals surface area contributed by atoms with Crippen molar-refractivity contribution in [1.82, 2.24) is 0 Å². The van der Waals surface area contributed by atoms with E-state index in [1.807, 2.05) is 0 Å². The van der Waals surface area contributed by atoms with Gasteiger partial charge in [-0.15, -0.1) is 0 Å². The van der Waals surface area contributed by atoms with Gasteiger partial charge in [-0.2, -0.15) is 0 Å². The topological polar surface area (TPSA) is 0 Å². The van der Waals surface area contributed by atoms with Crippen LogP contribution in [0.25, 0.3) is 122 Å².